The summed E-state index contributed by atoms with van der Waals surface area (Å²) in [6.45, 7) is 1.92. The number of amides is 2. The van der Waals surface area contributed by atoms with Crippen LogP contribution in [0.15, 0.2) is 30.6 Å². The molecule has 2 aromatic rings. The van der Waals surface area contributed by atoms with E-state index in [1.807, 2.05) is 0 Å². The van der Waals surface area contributed by atoms with Gasteiger partial charge in [-0.05, 0) is 30.0 Å². The Morgan fingerprint density at radius 2 is 2.09 bits per heavy atom. The van der Waals surface area contributed by atoms with Crippen LogP contribution in [0.1, 0.15) is 19.0 Å². The molecule has 2 unspecified atom stereocenters. The van der Waals surface area contributed by atoms with Crippen molar-refractivity contribution in [3.63, 3.8) is 0 Å². The van der Waals surface area contributed by atoms with E-state index in [0.29, 0.717) is 37.0 Å². The first-order chi connectivity index (χ1) is 15.5. The van der Waals surface area contributed by atoms with Crippen LogP contribution < -0.4 is 10.1 Å². The second-order valence-corrected chi connectivity index (χ2v) is 8.13. The molecule has 2 atom stereocenters. The number of carbonyl (C=O) groups is 1. The molecule has 0 spiro atoms. The molecule has 10 heteroatoms. The Labute approximate surface area is 185 Å². The standard InChI is InChI=1S/C22H23F2N5O3.H2/c1-31-21-25-8-14(9-26-21)16-7-15-6-13(16)10-29(15)12-32-5-4-28-11-17-19(27-22(28)30)3-2-18(23)20(17)24;/h2-3,7-9,13,15H,4-6,10-12H2,1H3,(H,27,30);1H. The fraction of sp³-hybridized carbons (Fsp3) is 0.409. The fourth-order valence-corrected chi connectivity index (χ4v) is 4.59. The van der Waals surface area contributed by atoms with Crippen molar-refractivity contribution in [3.8, 4) is 6.01 Å². The average Bonchev–Trinajstić information content (AvgIpc) is 3.41. The van der Waals surface area contributed by atoms with Gasteiger partial charge in [0.2, 0.25) is 0 Å². The lowest BCUT2D eigenvalue weighted by molar-refractivity contribution is 0.0206. The molecule has 1 N–H and O–H groups in total. The first kappa shape index (κ1) is 20.8. The molecule has 1 aromatic carbocycles. The molecular formula is C22H25F2N5O3. The number of aromatic nitrogens is 2. The Kier molecular flexibility index (Phi) is 5.48. The van der Waals surface area contributed by atoms with Gasteiger partial charge >= 0.3 is 12.0 Å². The second-order valence-electron chi connectivity index (χ2n) is 8.13. The zero-order valence-electron chi connectivity index (χ0n) is 17.6. The summed E-state index contributed by atoms with van der Waals surface area (Å²) in [5.74, 6) is -1.44. The van der Waals surface area contributed by atoms with Gasteiger partial charge in [0.25, 0.3) is 0 Å². The van der Waals surface area contributed by atoms with E-state index in [-0.39, 0.29) is 26.1 Å². The highest BCUT2D eigenvalue weighted by atomic mass is 19.2. The number of rotatable bonds is 7. The Morgan fingerprint density at radius 1 is 1.28 bits per heavy atom. The minimum atomic E-state index is -0.925. The minimum absolute atomic E-state index is 0. The number of carbonyl (C=O) groups excluding carboxylic acids is 1. The lowest BCUT2D eigenvalue weighted by Gasteiger charge is -2.30. The summed E-state index contributed by atoms with van der Waals surface area (Å²) in [7, 11) is 1.54. The van der Waals surface area contributed by atoms with Crippen molar-refractivity contribution in [1.82, 2.24) is 19.8 Å². The first-order valence-electron chi connectivity index (χ1n) is 10.5. The first-order valence-corrected chi connectivity index (χ1v) is 10.5. The number of likely N-dealkylation sites (tertiary alicyclic amines) is 1. The third-order valence-corrected chi connectivity index (χ3v) is 6.24. The van der Waals surface area contributed by atoms with Gasteiger partial charge in [-0.2, -0.15) is 0 Å². The van der Waals surface area contributed by atoms with Crippen LogP contribution in [0.4, 0.5) is 19.3 Å². The molecule has 0 radical (unpaired) electrons. The number of nitrogens with one attached hydrogen (secondary N) is 1. The van der Waals surface area contributed by atoms with Crippen molar-refractivity contribution in [1.29, 1.82) is 0 Å². The highest BCUT2D eigenvalue weighted by molar-refractivity contribution is 5.92. The predicted molar refractivity (Wildman–Crippen MR) is 114 cm³/mol. The fourth-order valence-electron chi connectivity index (χ4n) is 4.59. The number of hydrogen-bond donors (Lipinski definition) is 1. The molecule has 3 heterocycles. The largest absolute Gasteiger partial charge is 0.467 e. The summed E-state index contributed by atoms with van der Waals surface area (Å²) < 4.78 is 38.4. The number of anilines is 1. The van der Waals surface area contributed by atoms with Crippen LogP contribution in [0.3, 0.4) is 0 Å². The summed E-state index contributed by atoms with van der Waals surface area (Å²) in [6.07, 6.45) is 6.83. The van der Waals surface area contributed by atoms with E-state index in [0.717, 1.165) is 24.6 Å². The van der Waals surface area contributed by atoms with E-state index in [1.165, 1.54) is 16.5 Å². The summed E-state index contributed by atoms with van der Waals surface area (Å²) in [6, 6.07) is 2.69. The molecule has 2 aliphatic heterocycles. The maximum Gasteiger partial charge on any atom is 0.322 e. The van der Waals surface area contributed by atoms with Gasteiger partial charge in [-0.3, -0.25) is 4.90 Å². The second kappa shape index (κ2) is 8.44. The van der Waals surface area contributed by atoms with Crippen LogP contribution in [0.25, 0.3) is 5.57 Å². The van der Waals surface area contributed by atoms with Crippen LogP contribution in [0, 0.1) is 17.6 Å². The Hall–Kier alpha value is -3.11. The van der Waals surface area contributed by atoms with Crippen LogP contribution in [0.5, 0.6) is 6.01 Å². The highest BCUT2D eigenvalue weighted by Gasteiger charge is 2.39. The van der Waals surface area contributed by atoms with Crippen LogP contribution in [-0.4, -0.2) is 65.4 Å². The van der Waals surface area contributed by atoms with Gasteiger partial charge < -0.3 is 19.7 Å². The number of benzene rings is 1. The average molecular weight is 445 g/mol. The molecule has 2 amide bonds. The van der Waals surface area contributed by atoms with Crippen molar-refractivity contribution >= 4 is 17.3 Å². The third-order valence-electron chi connectivity index (χ3n) is 6.24. The van der Waals surface area contributed by atoms with Gasteiger partial charge in [0.05, 0.1) is 32.7 Å². The van der Waals surface area contributed by atoms with E-state index in [9.17, 15) is 13.6 Å². The molecule has 1 aromatic heterocycles. The van der Waals surface area contributed by atoms with Gasteiger partial charge in [0.15, 0.2) is 11.6 Å². The molecule has 32 heavy (non-hydrogen) atoms. The molecule has 5 rings (SSSR count). The van der Waals surface area contributed by atoms with Crippen LogP contribution in [0.2, 0.25) is 0 Å². The van der Waals surface area contributed by atoms with Gasteiger partial charge in [0, 0.05) is 44.1 Å². The monoisotopic (exact) mass is 445 g/mol. The lowest BCUT2D eigenvalue weighted by Crippen LogP contribution is -2.41. The number of urea groups is 1. The van der Waals surface area contributed by atoms with Gasteiger partial charge in [0.1, 0.15) is 0 Å². The topological polar surface area (TPSA) is 79.8 Å². The lowest BCUT2D eigenvalue weighted by atomic mass is 9.98. The SMILES string of the molecule is COc1ncc(C2=CC3CC2CN3COCCN2Cc3c(ccc(F)c3F)NC2=O)cn1.[HH]. The normalized spacial score (nSPS) is 22.0. The minimum Gasteiger partial charge on any atom is -0.467 e. The molecule has 3 aliphatic rings. The maximum atomic E-state index is 14.0. The molecule has 1 aliphatic carbocycles. The molecule has 170 valence electrons. The summed E-state index contributed by atoms with van der Waals surface area (Å²) >= 11 is 0. The Morgan fingerprint density at radius 3 is 2.81 bits per heavy atom. The number of hydrogen-bond acceptors (Lipinski definition) is 6. The van der Waals surface area contributed by atoms with Crippen molar-refractivity contribution in [2.75, 3.05) is 38.9 Å². The van der Waals surface area contributed by atoms with E-state index in [4.69, 9.17) is 9.47 Å². The summed E-state index contributed by atoms with van der Waals surface area (Å²) in [4.78, 5) is 24.3. The van der Waals surface area contributed by atoms with Crippen molar-refractivity contribution in [2.24, 2.45) is 5.92 Å². The molecular weight excluding hydrogens is 420 g/mol. The van der Waals surface area contributed by atoms with Crippen molar-refractivity contribution < 1.29 is 24.5 Å². The van der Waals surface area contributed by atoms with Gasteiger partial charge in [-0.15, -0.1) is 0 Å². The third kappa shape index (κ3) is 3.80. The summed E-state index contributed by atoms with van der Waals surface area (Å²) in [5, 5.41) is 2.60. The van der Waals surface area contributed by atoms with E-state index in [2.05, 4.69) is 26.3 Å². The van der Waals surface area contributed by atoms with E-state index >= 15 is 0 Å². The molecule has 8 nitrogen and oxygen atoms in total. The van der Waals surface area contributed by atoms with E-state index < -0.39 is 11.6 Å². The molecule has 0 saturated carbocycles. The van der Waals surface area contributed by atoms with Gasteiger partial charge in [-0.25, -0.2) is 23.5 Å². The molecule has 1 fully saturated rings. The van der Waals surface area contributed by atoms with Crippen molar-refractivity contribution in [2.45, 2.75) is 19.0 Å². The van der Waals surface area contributed by atoms with Crippen LogP contribution >= 0.6 is 0 Å². The zero-order chi connectivity index (χ0) is 22.2. The Balaban J connectivity index is 0.00000259. The molecule has 1 saturated heterocycles. The number of nitrogens with zero attached hydrogens (tertiary/aromatic N) is 4. The van der Waals surface area contributed by atoms with Gasteiger partial charge in [-0.1, -0.05) is 6.08 Å². The summed E-state index contributed by atoms with van der Waals surface area (Å²) in [5.41, 5.74) is 2.73. The predicted octanol–water partition coefficient (Wildman–Crippen LogP) is 3.12. The maximum absolute atomic E-state index is 14.0. The number of fused-ring (bicyclic) bond motifs is 3. The Bertz CT molecular complexity index is 1070. The highest BCUT2D eigenvalue weighted by Crippen LogP contribution is 2.41. The zero-order valence-corrected chi connectivity index (χ0v) is 17.6. The smallest absolute Gasteiger partial charge is 0.322 e. The van der Waals surface area contributed by atoms with E-state index in [1.54, 1.807) is 19.5 Å². The quantitative estimate of drug-likeness (QED) is 0.660. The number of ether oxygens (including phenoxy) is 2. The number of methoxy groups -OCH3 is 1. The number of halogens is 2. The van der Waals surface area contributed by atoms with Crippen LogP contribution in [-0.2, 0) is 11.3 Å². The molecule has 2 bridgehead atoms. The van der Waals surface area contributed by atoms with Crippen molar-refractivity contribution in [3.05, 3.63) is 53.4 Å².